The Labute approximate surface area is 75.3 Å². The van der Waals surface area contributed by atoms with Gasteiger partial charge in [0.25, 0.3) is 0 Å². The van der Waals surface area contributed by atoms with Gasteiger partial charge in [-0.25, -0.2) is 0 Å². The van der Waals surface area contributed by atoms with Crippen LogP contribution in [0.15, 0.2) is 0 Å². The number of quaternary nitrogens is 1. The molecule has 0 aromatic rings. The zero-order chi connectivity index (χ0) is 9.78. The van der Waals surface area contributed by atoms with Gasteiger partial charge in [0.15, 0.2) is 0 Å². The summed E-state index contributed by atoms with van der Waals surface area (Å²) in [7, 11) is 6.34. The van der Waals surface area contributed by atoms with Crippen molar-refractivity contribution in [2.24, 2.45) is 5.92 Å². The Morgan fingerprint density at radius 2 is 1.83 bits per heavy atom. The summed E-state index contributed by atoms with van der Waals surface area (Å²) >= 11 is 0. The Bertz CT molecular complexity index is 147. The standard InChI is InChI=1S/C9H20N2O/c1-8(2)9(12)10-6-7-11(3,4)5/h8H,6-7H2,1-5H3/p+1. The Balaban J connectivity index is 3.51. The second-order valence-corrected chi connectivity index (χ2v) is 4.46. The molecule has 0 saturated carbocycles. The molecule has 0 aliphatic rings. The number of nitrogens with zero attached hydrogens (tertiary/aromatic N) is 1. The lowest BCUT2D eigenvalue weighted by atomic mass is 10.2. The third-order valence-electron chi connectivity index (χ3n) is 1.61. The molecule has 0 fully saturated rings. The van der Waals surface area contributed by atoms with E-state index in [1.165, 1.54) is 0 Å². The summed E-state index contributed by atoms with van der Waals surface area (Å²) in [6.07, 6.45) is 0. The maximum atomic E-state index is 11.1. The minimum absolute atomic E-state index is 0.0949. The molecule has 0 atom stereocenters. The van der Waals surface area contributed by atoms with E-state index in [0.29, 0.717) is 0 Å². The first kappa shape index (κ1) is 11.4. The van der Waals surface area contributed by atoms with Crippen LogP contribution in [0.3, 0.4) is 0 Å². The van der Waals surface area contributed by atoms with Crippen LogP contribution in [0.25, 0.3) is 0 Å². The Hall–Kier alpha value is -0.570. The van der Waals surface area contributed by atoms with E-state index in [0.717, 1.165) is 17.6 Å². The van der Waals surface area contributed by atoms with Gasteiger partial charge in [-0.15, -0.1) is 0 Å². The van der Waals surface area contributed by atoms with Gasteiger partial charge in [0.2, 0.25) is 5.91 Å². The first-order valence-electron chi connectivity index (χ1n) is 4.41. The van der Waals surface area contributed by atoms with E-state index in [-0.39, 0.29) is 11.8 Å². The number of nitrogens with one attached hydrogen (secondary N) is 1. The quantitative estimate of drug-likeness (QED) is 0.615. The summed E-state index contributed by atoms with van der Waals surface area (Å²) < 4.78 is 0.887. The lowest BCUT2D eigenvalue weighted by molar-refractivity contribution is -0.869. The van der Waals surface area contributed by atoms with Gasteiger partial charge < -0.3 is 9.80 Å². The molecule has 0 aromatic heterocycles. The molecule has 0 rings (SSSR count). The summed E-state index contributed by atoms with van der Waals surface area (Å²) in [5, 5.41) is 2.88. The highest BCUT2D eigenvalue weighted by Gasteiger charge is 2.09. The second kappa shape index (κ2) is 4.45. The summed E-state index contributed by atoms with van der Waals surface area (Å²) in [6, 6.07) is 0. The van der Waals surface area contributed by atoms with E-state index in [4.69, 9.17) is 0 Å². The number of amides is 1. The van der Waals surface area contributed by atoms with Crippen molar-refractivity contribution >= 4 is 5.91 Å². The smallest absolute Gasteiger partial charge is 0.222 e. The minimum Gasteiger partial charge on any atom is -0.350 e. The molecule has 0 aromatic carbocycles. The first-order valence-corrected chi connectivity index (χ1v) is 4.41. The molecule has 3 nitrogen and oxygen atoms in total. The fourth-order valence-electron chi connectivity index (χ4n) is 0.719. The molecular formula is C9H21N2O+. The Morgan fingerprint density at radius 3 is 2.17 bits per heavy atom. The van der Waals surface area contributed by atoms with Gasteiger partial charge in [-0.1, -0.05) is 13.8 Å². The molecule has 3 heteroatoms. The highest BCUT2D eigenvalue weighted by atomic mass is 16.1. The van der Waals surface area contributed by atoms with Crippen LogP contribution < -0.4 is 5.32 Å². The number of carbonyl (C=O) groups excluding carboxylic acids is 1. The highest BCUT2D eigenvalue weighted by molar-refractivity contribution is 5.77. The van der Waals surface area contributed by atoms with Crippen molar-refractivity contribution in [2.75, 3.05) is 34.2 Å². The first-order chi connectivity index (χ1) is 5.33. The normalized spacial score (nSPS) is 11.8. The number of hydrogen-bond acceptors (Lipinski definition) is 1. The maximum absolute atomic E-state index is 11.1. The van der Waals surface area contributed by atoms with Crippen molar-refractivity contribution in [3.05, 3.63) is 0 Å². The molecular weight excluding hydrogens is 152 g/mol. The maximum Gasteiger partial charge on any atom is 0.222 e. The minimum atomic E-state index is 0.0949. The summed E-state index contributed by atoms with van der Waals surface area (Å²) in [5.41, 5.74) is 0. The molecule has 0 saturated heterocycles. The molecule has 0 heterocycles. The fraction of sp³-hybridized carbons (Fsp3) is 0.889. The van der Waals surface area contributed by atoms with Crippen molar-refractivity contribution in [1.29, 1.82) is 0 Å². The van der Waals surface area contributed by atoms with Crippen LogP contribution >= 0.6 is 0 Å². The third kappa shape index (κ3) is 6.16. The van der Waals surface area contributed by atoms with Crippen LogP contribution in [0.4, 0.5) is 0 Å². The van der Waals surface area contributed by atoms with Crippen LogP contribution in [0.1, 0.15) is 13.8 Å². The summed E-state index contributed by atoms with van der Waals surface area (Å²) in [4.78, 5) is 11.1. The zero-order valence-electron chi connectivity index (χ0n) is 8.85. The summed E-state index contributed by atoms with van der Waals surface area (Å²) in [6.45, 7) is 5.54. The number of likely N-dealkylation sites (N-methyl/N-ethyl adjacent to an activating group) is 1. The van der Waals surface area contributed by atoms with E-state index < -0.39 is 0 Å². The van der Waals surface area contributed by atoms with Gasteiger partial charge >= 0.3 is 0 Å². The average Bonchev–Trinajstić information content (AvgIpc) is 1.84. The molecule has 0 unspecified atom stereocenters. The average molecular weight is 173 g/mol. The van der Waals surface area contributed by atoms with Gasteiger partial charge in [-0.05, 0) is 0 Å². The molecule has 1 N–H and O–H groups in total. The van der Waals surface area contributed by atoms with Crippen molar-refractivity contribution in [2.45, 2.75) is 13.8 Å². The number of hydrogen-bond donors (Lipinski definition) is 1. The van der Waals surface area contributed by atoms with Crippen molar-refractivity contribution in [1.82, 2.24) is 5.32 Å². The molecule has 0 bridgehead atoms. The molecule has 0 aliphatic heterocycles. The van der Waals surface area contributed by atoms with E-state index in [1.54, 1.807) is 0 Å². The van der Waals surface area contributed by atoms with Crippen LogP contribution in [-0.4, -0.2) is 44.6 Å². The van der Waals surface area contributed by atoms with Crippen LogP contribution in [0, 0.1) is 5.92 Å². The van der Waals surface area contributed by atoms with E-state index in [2.05, 4.69) is 26.5 Å². The molecule has 12 heavy (non-hydrogen) atoms. The van der Waals surface area contributed by atoms with Gasteiger partial charge in [0, 0.05) is 5.92 Å². The van der Waals surface area contributed by atoms with E-state index in [1.807, 2.05) is 13.8 Å². The number of rotatable bonds is 4. The molecule has 1 amide bonds. The van der Waals surface area contributed by atoms with Crippen LogP contribution in [-0.2, 0) is 4.79 Å². The van der Waals surface area contributed by atoms with Crippen molar-refractivity contribution < 1.29 is 9.28 Å². The zero-order valence-corrected chi connectivity index (χ0v) is 8.85. The summed E-state index contributed by atoms with van der Waals surface area (Å²) in [5.74, 6) is 0.237. The highest BCUT2D eigenvalue weighted by Crippen LogP contribution is 1.91. The van der Waals surface area contributed by atoms with Gasteiger partial charge in [0.05, 0.1) is 34.2 Å². The van der Waals surface area contributed by atoms with E-state index >= 15 is 0 Å². The Morgan fingerprint density at radius 1 is 1.33 bits per heavy atom. The molecule has 0 aliphatic carbocycles. The van der Waals surface area contributed by atoms with E-state index in [9.17, 15) is 4.79 Å². The molecule has 72 valence electrons. The lowest BCUT2D eigenvalue weighted by Gasteiger charge is -2.24. The van der Waals surface area contributed by atoms with Crippen molar-refractivity contribution in [3.63, 3.8) is 0 Å². The Kier molecular flexibility index (Phi) is 4.24. The van der Waals surface area contributed by atoms with Gasteiger partial charge in [-0.3, -0.25) is 4.79 Å². The largest absolute Gasteiger partial charge is 0.350 e. The topological polar surface area (TPSA) is 29.1 Å². The molecule has 0 radical (unpaired) electrons. The van der Waals surface area contributed by atoms with Gasteiger partial charge in [-0.2, -0.15) is 0 Å². The second-order valence-electron chi connectivity index (χ2n) is 4.46. The number of carbonyl (C=O) groups is 1. The SMILES string of the molecule is CC(C)C(=O)NCC[N+](C)(C)C. The lowest BCUT2D eigenvalue weighted by Crippen LogP contribution is -2.42. The van der Waals surface area contributed by atoms with Gasteiger partial charge in [0.1, 0.15) is 0 Å². The monoisotopic (exact) mass is 173 g/mol. The fourth-order valence-corrected chi connectivity index (χ4v) is 0.719. The predicted octanol–water partition coefficient (Wildman–Crippen LogP) is 0.465. The molecule has 0 spiro atoms. The predicted molar refractivity (Wildman–Crippen MR) is 50.7 cm³/mol. The third-order valence-corrected chi connectivity index (χ3v) is 1.61. The van der Waals surface area contributed by atoms with Crippen molar-refractivity contribution in [3.8, 4) is 0 Å². The van der Waals surface area contributed by atoms with Crippen LogP contribution in [0.5, 0.6) is 0 Å². The van der Waals surface area contributed by atoms with Crippen LogP contribution in [0.2, 0.25) is 0 Å².